The molecule has 1 amide bonds. The summed E-state index contributed by atoms with van der Waals surface area (Å²) in [5.74, 6) is 1.08. The second kappa shape index (κ2) is 5.92. The highest BCUT2D eigenvalue weighted by Crippen LogP contribution is 2.45. The maximum absolute atomic E-state index is 12.4. The first-order valence-corrected chi connectivity index (χ1v) is 8.78. The first kappa shape index (κ1) is 16.2. The molecule has 1 fully saturated rings. The summed E-state index contributed by atoms with van der Waals surface area (Å²) in [7, 11) is 0. The van der Waals surface area contributed by atoms with E-state index in [1.165, 1.54) is 6.26 Å². The van der Waals surface area contributed by atoms with Crippen LogP contribution in [0.4, 0.5) is 0 Å². The maximum Gasteiger partial charge on any atom is 0.289 e. The van der Waals surface area contributed by atoms with Crippen LogP contribution in [0.25, 0.3) is 0 Å². The van der Waals surface area contributed by atoms with Crippen molar-refractivity contribution in [1.29, 1.82) is 0 Å². The van der Waals surface area contributed by atoms with Crippen LogP contribution >= 0.6 is 0 Å². The highest BCUT2D eigenvalue weighted by Gasteiger charge is 2.44. The van der Waals surface area contributed by atoms with Gasteiger partial charge in [-0.3, -0.25) is 4.79 Å². The number of amides is 1. The number of rotatable bonds is 1. The number of carbonyl (C=O) groups is 1. The van der Waals surface area contributed by atoms with Gasteiger partial charge in [0.25, 0.3) is 5.91 Å². The second-order valence-electron chi connectivity index (χ2n) is 7.25. The lowest BCUT2D eigenvalue weighted by Gasteiger charge is -2.46. The van der Waals surface area contributed by atoms with Crippen LogP contribution in [0.2, 0.25) is 0 Å². The lowest BCUT2D eigenvalue weighted by molar-refractivity contribution is -0.0499. The van der Waals surface area contributed by atoms with E-state index in [0.29, 0.717) is 38.1 Å². The van der Waals surface area contributed by atoms with Crippen LogP contribution in [0.15, 0.2) is 34.9 Å². The molecular formula is C20H23NO4. The van der Waals surface area contributed by atoms with Gasteiger partial charge < -0.3 is 19.2 Å². The molecule has 1 N–H and O–H groups in total. The number of carbonyl (C=O) groups excluding carboxylic acids is 1. The van der Waals surface area contributed by atoms with Crippen molar-refractivity contribution >= 4 is 5.91 Å². The third-order valence-corrected chi connectivity index (χ3v) is 5.57. The monoisotopic (exact) mass is 341 g/mol. The Balaban J connectivity index is 1.51. The minimum absolute atomic E-state index is 0.0805. The normalized spacial score (nSPS) is 21.7. The number of aliphatic hydroxyl groups excluding tert-OH is 1. The molecule has 3 heterocycles. The fraction of sp³-hybridized carbons (Fsp3) is 0.450. The Hall–Kier alpha value is -2.27. The van der Waals surface area contributed by atoms with E-state index in [0.717, 1.165) is 22.4 Å². The molecule has 2 aliphatic heterocycles. The van der Waals surface area contributed by atoms with Crippen molar-refractivity contribution in [3.8, 4) is 5.75 Å². The summed E-state index contributed by atoms with van der Waals surface area (Å²) in [4.78, 5) is 14.2. The number of furan rings is 1. The summed E-state index contributed by atoms with van der Waals surface area (Å²) in [5, 5.41) is 10.6. The van der Waals surface area contributed by atoms with Gasteiger partial charge in [0, 0.05) is 37.9 Å². The Kier molecular flexibility index (Phi) is 3.84. The number of fused-ring (bicyclic) bond motifs is 1. The molecule has 5 heteroatoms. The Morgan fingerprint density at radius 3 is 2.64 bits per heavy atom. The van der Waals surface area contributed by atoms with Gasteiger partial charge in [0.15, 0.2) is 5.76 Å². The number of likely N-dealkylation sites (tertiary alicyclic amines) is 1. The number of hydrogen-bond acceptors (Lipinski definition) is 4. The predicted molar refractivity (Wildman–Crippen MR) is 92.7 cm³/mol. The fourth-order valence-electron chi connectivity index (χ4n) is 3.88. The van der Waals surface area contributed by atoms with Crippen molar-refractivity contribution in [1.82, 2.24) is 4.90 Å². The van der Waals surface area contributed by atoms with Crippen molar-refractivity contribution in [2.24, 2.45) is 0 Å². The van der Waals surface area contributed by atoms with Crippen molar-refractivity contribution in [3.63, 3.8) is 0 Å². The molecular weight excluding hydrogens is 318 g/mol. The van der Waals surface area contributed by atoms with Crippen LogP contribution in [0.1, 0.15) is 52.6 Å². The molecule has 1 aromatic heterocycles. The topological polar surface area (TPSA) is 62.9 Å². The van der Waals surface area contributed by atoms with Gasteiger partial charge in [0.1, 0.15) is 11.4 Å². The molecule has 0 bridgehead atoms. The van der Waals surface area contributed by atoms with Crippen molar-refractivity contribution < 1.29 is 19.1 Å². The van der Waals surface area contributed by atoms with Crippen LogP contribution in [0.5, 0.6) is 5.75 Å². The van der Waals surface area contributed by atoms with Gasteiger partial charge in [0.05, 0.1) is 12.4 Å². The van der Waals surface area contributed by atoms with E-state index in [9.17, 15) is 9.90 Å². The number of ether oxygens (including phenoxy) is 1. The van der Waals surface area contributed by atoms with Crippen molar-refractivity contribution in [2.75, 3.05) is 13.1 Å². The molecule has 2 aliphatic rings. The third-order valence-electron chi connectivity index (χ3n) is 5.57. The summed E-state index contributed by atoms with van der Waals surface area (Å²) in [6, 6.07) is 7.46. The van der Waals surface area contributed by atoms with Gasteiger partial charge in [-0.2, -0.15) is 0 Å². The van der Waals surface area contributed by atoms with Crippen LogP contribution in [0, 0.1) is 13.8 Å². The Labute approximate surface area is 147 Å². The SMILES string of the molecule is Cc1cc2c(cc1C)C(O)CC1(CCN(C(=O)c3ccco3)CC1)O2. The minimum Gasteiger partial charge on any atom is -0.487 e. The molecule has 5 nitrogen and oxygen atoms in total. The fourth-order valence-corrected chi connectivity index (χ4v) is 3.88. The lowest BCUT2D eigenvalue weighted by Crippen LogP contribution is -2.51. The number of nitrogens with zero attached hydrogens (tertiary/aromatic N) is 1. The summed E-state index contributed by atoms with van der Waals surface area (Å²) in [6.07, 6.45) is 2.99. The van der Waals surface area contributed by atoms with Crippen molar-refractivity contribution in [2.45, 2.75) is 44.8 Å². The molecule has 0 saturated carbocycles. The maximum atomic E-state index is 12.4. The van der Waals surface area contributed by atoms with Crippen LogP contribution < -0.4 is 4.74 Å². The highest BCUT2D eigenvalue weighted by molar-refractivity contribution is 5.91. The van der Waals surface area contributed by atoms with Gasteiger partial charge in [0.2, 0.25) is 0 Å². The summed E-state index contributed by atoms with van der Waals surface area (Å²) in [6.45, 7) is 5.31. The smallest absolute Gasteiger partial charge is 0.289 e. The number of piperidine rings is 1. The Morgan fingerprint density at radius 1 is 1.24 bits per heavy atom. The van der Waals surface area contributed by atoms with Crippen LogP contribution in [0.3, 0.4) is 0 Å². The number of aliphatic hydroxyl groups is 1. The quantitative estimate of drug-likeness (QED) is 0.864. The Morgan fingerprint density at radius 2 is 1.96 bits per heavy atom. The number of benzene rings is 1. The van der Waals surface area contributed by atoms with E-state index < -0.39 is 11.7 Å². The zero-order chi connectivity index (χ0) is 17.6. The summed E-state index contributed by atoms with van der Waals surface area (Å²) < 4.78 is 11.6. The third kappa shape index (κ3) is 2.82. The molecule has 1 atom stereocenters. The first-order valence-electron chi connectivity index (χ1n) is 8.78. The Bertz CT molecular complexity index is 788. The van der Waals surface area contributed by atoms with E-state index in [1.54, 1.807) is 17.0 Å². The van der Waals surface area contributed by atoms with Gasteiger partial charge in [-0.25, -0.2) is 0 Å². The first-order chi connectivity index (χ1) is 12.0. The molecule has 1 spiro atoms. The second-order valence-corrected chi connectivity index (χ2v) is 7.25. The van der Waals surface area contributed by atoms with Crippen LogP contribution in [-0.4, -0.2) is 34.6 Å². The predicted octanol–water partition coefficient (Wildman–Crippen LogP) is 3.39. The van der Waals surface area contributed by atoms with Gasteiger partial charge in [-0.15, -0.1) is 0 Å². The molecule has 132 valence electrons. The number of aryl methyl sites for hydroxylation is 2. The van der Waals surface area contributed by atoms with E-state index in [4.69, 9.17) is 9.15 Å². The van der Waals surface area contributed by atoms with E-state index in [-0.39, 0.29) is 5.91 Å². The number of hydrogen-bond donors (Lipinski definition) is 1. The molecule has 1 aromatic carbocycles. The molecule has 2 aromatic rings. The zero-order valence-corrected chi connectivity index (χ0v) is 14.6. The average Bonchev–Trinajstić information content (AvgIpc) is 3.11. The van der Waals surface area contributed by atoms with Crippen LogP contribution in [-0.2, 0) is 0 Å². The lowest BCUT2D eigenvalue weighted by atomic mass is 9.81. The van der Waals surface area contributed by atoms with Gasteiger partial charge in [-0.05, 0) is 49.2 Å². The molecule has 0 aliphatic carbocycles. The molecule has 1 unspecified atom stereocenters. The molecule has 1 saturated heterocycles. The minimum atomic E-state index is -0.518. The van der Waals surface area contributed by atoms with Gasteiger partial charge >= 0.3 is 0 Å². The van der Waals surface area contributed by atoms with E-state index >= 15 is 0 Å². The van der Waals surface area contributed by atoms with E-state index in [2.05, 4.69) is 6.92 Å². The highest BCUT2D eigenvalue weighted by atomic mass is 16.5. The summed E-state index contributed by atoms with van der Waals surface area (Å²) in [5.41, 5.74) is 2.81. The summed E-state index contributed by atoms with van der Waals surface area (Å²) >= 11 is 0. The van der Waals surface area contributed by atoms with Crippen molar-refractivity contribution in [3.05, 3.63) is 53.0 Å². The van der Waals surface area contributed by atoms with Gasteiger partial charge in [-0.1, -0.05) is 0 Å². The molecule has 4 rings (SSSR count). The van der Waals surface area contributed by atoms with E-state index in [1.807, 2.05) is 19.1 Å². The largest absolute Gasteiger partial charge is 0.487 e. The molecule has 0 radical (unpaired) electrons. The standard InChI is InChI=1S/C20H23NO4/c1-13-10-15-16(22)12-20(25-18(15)11-14(13)2)5-7-21(8-6-20)19(23)17-4-3-9-24-17/h3-4,9-11,16,22H,5-8,12H2,1-2H3. The molecule has 25 heavy (non-hydrogen) atoms. The average molecular weight is 341 g/mol. The zero-order valence-electron chi connectivity index (χ0n) is 14.6.